The number of amides is 2. The summed E-state index contributed by atoms with van der Waals surface area (Å²) < 4.78 is 0. The standard InChI is InChI=1S/C13H20N4O/c1-15(2)13(18)17-8-6-16(7-9-17)12-5-3-4-11(14)10-12/h3-5,10H,6-9,14H2,1-2H3. The van der Waals surface area contributed by atoms with Crippen molar-refractivity contribution in [3.63, 3.8) is 0 Å². The van der Waals surface area contributed by atoms with Gasteiger partial charge < -0.3 is 20.4 Å². The van der Waals surface area contributed by atoms with E-state index < -0.39 is 0 Å². The number of benzene rings is 1. The van der Waals surface area contributed by atoms with E-state index in [1.165, 1.54) is 0 Å². The summed E-state index contributed by atoms with van der Waals surface area (Å²) in [6.07, 6.45) is 0. The number of anilines is 2. The summed E-state index contributed by atoms with van der Waals surface area (Å²) in [6, 6.07) is 7.96. The first-order valence-electron chi connectivity index (χ1n) is 6.14. The average Bonchev–Trinajstić information content (AvgIpc) is 2.38. The number of carbonyl (C=O) groups excluding carboxylic acids is 1. The summed E-state index contributed by atoms with van der Waals surface area (Å²) in [5, 5.41) is 0. The summed E-state index contributed by atoms with van der Waals surface area (Å²) in [4.78, 5) is 17.6. The molecule has 5 nitrogen and oxygen atoms in total. The van der Waals surface area contributed by atoms with Gasteiger partial charge in [-0.1, -0.05) is 6.07 Å². The predicted octanol–water partition coefficient (Wildman–Crippen LogP) is 1.07. The molecule has 18 heavy (non-hydrogen) atoms. The molecule has 2 N–H and O–H groups in total. The molecule has 0 aromatic heterocycles. The van der Waals surface area contributed by atoms with Gasteiger partial charge in [0.1, 0.15) is 0 Å². The van der Waals surface area contributed by atoms with Crippen molar-refractivity contribution < 1.29 is 4.79 Å². The SMILES string of the molecule is CN(C)C(=O)N1CCN(c2cccc(N)c2)CC1. The molecule has 1 saturated heterocycles. The minimum Gasteiger partial charge on any atom is -0.399 e. The molecule has 2 rings (SSSR count). The van der Waals surface area contributed by atoms with Gasteiger partial charge >= 0.3 is 6.03 Å². The van der Waals surface area contributed by atoms with Crippen molar-refractivity contribution in [3.05, 3.63) is 24.3 Å². The molecule has 1 aromatic rings. The van der Waals surface area contributed by atoms with Crippen molar-refractivity contribution in [1.29, 1.82) is 0 Å². The van der Waals surface area contributed by atoms with Gasteiger partial charge in [-0.3, -0.25) is 0 Å². The van der Waals surface area contributed by atoms with Gasteiger partial charge in [0, 0.05) is 51.6 Å². The van der Waals surface area contributed by atoms with Crippen molar-refractivity contribution >= 4 is 17.4 Å². The zero-order valence-corrected chi connectivity index (χ0v) is 11.0. The quantitative estimate of drug-likeness (QED) is 0.756. The average molecular weight is 248 g/mol. The monoisotopic (exact) mass is 248 g/mol. The molecule has 1 fully saturated rings. The lowest BCUT2D eigenvalue weighted by atomic mass is 10.2. The van der Waals surface area contributed by atoms with Gasteiger partial charge in [0.25, 0.3) is 0 Å². The molecular formula is C13H20N4O. The molecule has 2 amide bonds. The Kier molecular flexibility index (Phi) is 3.60. The highest BCUT2D eigenvalue weighted by atomic mass is 16.2. The van der Waals surface area contributed by atoms with E-state index >= 15 is 0 Å². The number of nitrogens with zero attached hydrogens (tertiary/aromatic N) is 3. The highest BCUT2D eigenvalue weighted by Crippen LogP contribution is 2.19. The fourth-order valence-electron chi connectivity index (χ4n) is 2.16. The van der Waals surface area contributed by atoms with Gasteiger partial charge in [-0.05, 0) is 18.2 Å². The number of hydrogen-bond acceptors (Lipinski definition) is 3. The number of hydrogen-bond donors (Lipinski definition) is 1. The van der Waals surface area contributed by atoms with E-state index in [2.05, 4.69) is 11.0 Å². The molecule has 98 valence electrons. The molecule has 0 radical (unpaired) electrons. The highest BCUT2D eigenvalue weighted by molar-refractivity contribution is 5.74. The van der Waals surface area contributed by atoms with Crippen molar-refractivity contribution in [2.24, 2.45) is 0 Å². The van der Waals surface area contributed by atoms with Crippen LogP contribution in [0.4, 0.5) is 16.2 Å². The number of piperazine rings is 1. The predicted molar refractivity (Wildman–Crippen MR) is 73.7 cm³/mol. The summed E-state index contributed by atoms with van der Waals surface area (Å²) in [5.41, 5.74) is 7.69. The zero-order valence-electron chi connectivity index (χ0n) is 11.0. The van der Waals surface area contributed by atoms with Crippen LogP contribution < -0.4 is 10.6 Å². The summed E-state index contributed by atoms with van der Waals surface area (Å²) >= 11 is 0. The zero-order chi connectivity index (χ0) is 13.1. The molecular weight excluding hydrogens is 228 g/mol. The first-order chi connectivity index (χ1) is 8.58. The Morgan fingerprint density at radius 3 is 2.44 bits per heavy atom. The van der Waals surface area contributed by atoms with E-state index in [0.29, 0.717) is 0 Å². The number of rotatable bonds is 1. The fraction of sp³-hybridized carbons (Fsp3) is 0.462. The highest BCUT2D eigenvalue weighted by Gasteiger charge is 2.22. The molecule has 1 heterocycles. The van der Waals surface area contributed by atoms with Crippen LogP contribution in [0, 0.1) is 0 Å². The third-order valence-corrected chi connectivity index (χ3v) is 3.17. The molecule has 0 saturated carbocycles. The minimum atomic E-state index is 0.0854. The second-order valence-electron chi connectivity index (χ2n) is 4.75. The van der Waals surface area contributed by atoms with Gasteiger partial charge in [0.05, 0.1) is 0 Å². The maximum atomic E-state index is 11.8. The lowest BCUT2D eigenvalue weighted by Gasteiger charge is -2.37. The number of nitrogen functional groups attached to an aromatic ring is 1. The summed E-state index contributed by atoms with van der Waals surface area (Å²) in [6.45, 7) is 3.21. The number of carbonyl (C=O) groups is 1. The van der Waals surface area contributed by atoms with E-state index in [1.807, 2.05) is 23.1 Å². The van der Waals surface area contributed by atoms with Gasteiger partial charge in [-0.2, -0.15) is 0 Å². The normalized spacial score (nSPS) is 15.7. The molecule has 0 bridgehead atoms. The molecule has 1 aliphatic rings. The van der Waals surface area contributed by atoms with Gasteiger partial charge in [-0.15, -0.1) is 0 Å². The third-order valence-electron chi connectivity index (χ3n) is 3.17. The van der Waals surface area contributed by atoms with E-state index in [1.54, 1.807) is 19.0 Å². The van der Waals surface area contributed by atoms with Crippen LogP contribution >= 0.6 is 0 Å². The molecule has 1 aliphatic heterocycles. The van der Waals surface area contributed by atoms with Crippen LogP contribution in [0.25, 0.3) is 0 Å². The molecule has 0 unspecified atom stereocenters. The van der Waals surface area contributed by atoms with Crippen molar-refractivity contribution in [1.82, 2.24) is 9.80 Å². The molecule has 0 spiro atoms. The molecule has 1 aromatic carbocycles. The summed E-state index contributed by atoms with van der Waals surface area (Å²) in [5.74, 6) is 0. The van der Waals surface area contributed by atoms with Crippen LogP contribution in [-0.2, 0) is 0 Å². The van der Waals surface area contributed by atoms with Gasteiger partial charge in [0.15, 0.2) is 0 Å². The topological polar surface area (TPSA) is 52.8 Å². The number of nitrogens with two attached hydrogens (primary N) is 1. The smallest absolute Gasteiger partial charge is 0.319 e. The fourth-order valence-corrected chi connectivity index (χ4v) is 2.16. The van der Waals surface area contributed by atoms with Crippen molar-refractivity contribution in [3.8, 4) is 0 Å². The van der Waals surface area contributed by atoms with E-state index in [4.69, 9.17) is 5.73 Å². The second kappa shape index (κ2) is 5.16. The van der Waals surface area contributed by atoms with Crippen LogP contribution in [0.5, 0.6) is 0 Å². The Bertz CT molecular complexity index is 425. The van der Waals surface area contributed by atoms with E-state index in [0.717, 1.165) is 37.6 Å². The molecule has 5 heteroatoms. The van der Waals surface area contributed by atoms with Crippen molar-refractivity contribution in [2.75, 3.05) is 50.9 Å². The molecule has 0 aliphatic carbocycles. The Labute approximate surface area is 108 Å². The van der Waals surface area contributed by atoms with Crippen LogP contribution in [0.3, 0.4) is 0 Å². The Balaban J connectivity index is 1.96. The Morgan fingerprint density at radius 2 is 1.89 bits per heavy atom. The lowest BCUT2D eigenvalue weighted by Crippen LogP contribution is -2.51. The third kappa shape index (κ3) is 2.67. The van der Waals surface area contributed by atoms with Gasteiger partial charge in [-0.25, -0.2) is 4.79 Å². The van der Waals surface area contributed by atoms with Crippen LogP contribution in [0.15, 0.2) is 24.3 Å². The maximum Gasteiger partial charge on any atom is 0.319 e. The summed E-state index contributed by atoms with van der Waals surface area (Å²) in [7, 11) is 3.57. The van der Waals surface area contributed by atoms with Gasteiger partial charge in [0.2, 0.25) is 0 Å². The van der Waals surface area contributed by atoms with Crippen LogP contribution in [0.2, 0.25) is 0 Å². The second-order valence-corrected chi connectivity index (χ2v) is 4.75. The first-order valence-corrected chi connectivity index (χ1v) is 6.14. The Hall–Kier alpha value is -1.91. The maximum absolute atomic E-state index is 11.8. The van der Waals surface area contributed by atoms with E-state index in [9.17, 15) is 4.79 Å². The minimum absolute atomic E-state index is 0.0854. The number of urea groups is 1. The largest absolute Gasteiger partial charge is 0.399 e. The molecule has 0 atom stereocenters. The van der Waals surface area contributed by atoms with Crippen molar-refractivity contribution in [2.45, 2.75) is 0 Å². The van der Waals surface area contributed by atoms with Crippen LogP contribution in [0.1, 0.15) is 0 Å². The lowest BCUT2D eigenvalue weighted by molar-refractivity contribution is 0.168. The van der Waals surface area contributed by atoms with E-state index in [-0.39, 0.29) is 6.03 Å². The Morgan fingerprint density at radius 1 is 1.22 bits per heavy atom. The van der Waals surface area contributed by atoms with Crippen LogP contribution in [-0.4, -0.2) is 56.1 Å². The first kappa shape index (κ1) is 12.5.